The summed E-state index contributed by atoms with van der Waals surface area (Å²) in [6.45, 7) is 6.72. The number of nitrogens with two attached hydrogens (primary N) is 1. The molecule has 0 fully saturated rings. The monoisotopic (exact) mass is 456 g/mol. The molecule has 0 bridgehead atoms. The van der Waals surface area contributed by atoms with Crippen molar-refractivity contribution in [2.45, 2.75) is 40.0 Å². The number of primary amides is 1. The minimum absolute atomic E-state index is 0.157. The van der Waals surface area contributed by atoms with Crippen LogP contribution in [0.1, 0.15) is 58.5 Å². The Bertz CT molecular complexity index is 1160. The van der Waals surface area contributed by atoms with Gasteiger partial charge in [0.1, 0.15) is 10.8 Å². The van der Waals surface area contributed by atoms with Crippen LogP contribution in [-0.4, -0.2) is 11.8 Å². The summed E-state index contributed by atoms with van der Waals surface area (Å²) >= 11 is 7.49. The highest BCUT2D eigenvalue weighted by Crippen LogP contribution is 2.44. The van der Waals surface area contributed by atoms with Crippen molar-refractivity contribution in [2.75, 3.05) is 5.32 Å². The van der Waals surface area contributed by atoms with Crippen LogP contribution < -0.4 is 11.1 Å². The lowest BCUT2D eigenvalue weighted by Gasteiger charge is -2.33. The number of carbonyl (C=O) groups excluding carboxylic acids is 2. The molecular formula is C24H25ClN2O3S. The predicted molar refractivity (Wildman–Crippen MR) is 125 cm³/mol. The van der Waals surface area contributed by atoms with E-state index in [2.05, 4.69) is 26.1 Å². The number of anilines is 1. The number of carbonyl (C=O) groups is 2. The summed E-state index contributed by atoms with van der Waals surface area (Å²) in [6.07, 6.45) is 2.68. The van der Waals surface area contributed by atoms with Gasteiger partial charge in [-0.1, -0.05) is 44.5 Å². The van der Waals surface area contributed by atoms with Crippen molar-refractivity contribution in [2.24, 2.45) is 17.1 Å². The van der Waals surface area contributed by atoms with Crippen molar-refractivity contribution in [3.63, 3.8) is 0 Å². The number of thiophene rings is 1. The Labute approximate surface area is 190 Å². The van der Waals surface area contributed by atoms with Crippen LogP contribution in [0.4, 0.5) is 5.00 Å². The van der Waals surface area contributed by atoms with E-state index >= 15 is 0 Å². The molecular weight excluding hydrogens is 432 g/mol. The Hall–Kier alpha value is -2.57. The van der Waals surface area contributed by atoms with Gasteiger partial charge in [0.2, 0.25) is 0 Å². The lowest BCUT2D eigenvalue weighted by Crippen LogP contribution is -2.27. The zero-order chi connectivity index (χ0) is 22.3. The van der Waals surface area contributed by atoms with E-state index in [0.717, 1.165) is 35.3 Å². The molecule has 3 N–H and O–H groups in total. The summed E-state index contributed by atoms with van der Waals surface area (Å²) in [6, 6.07) is 10.6. The second kappa shape index (κ2) is 8.17. The number of amides is 2. The highest BCUT2D eigenvalue weighted by Gasteiger charge is 2.33. The number of furan rings is 1. The molecule has 0 unspecified atom stereocenters. The Balaban J connectivity index is 1.59. The minimum Gasteiger partial charge on any atom is -0.451 e. The smallest absolute Gasteiger partial charge is 0.292 e. The van der Waals surface area contributed by atoms with Gasteiger partial charge in [-0.15, -0.1) is 11.3 Å². The van der Waals surface area contributed by atoms with Crippen molar-refractivity contribution >= 4 is 39.8 Å². The van der Waals surface area contributed by atoms with Crippen molar-refractivity contribution in [3.8, 4) is 11.3 Å². The van der Waals surface area contributed by atoms with E-state index in [1.807, 2.05) is 12.1 Å². The Morgan fingerprint density at radius 3 is 2.68 bits per heavy atom. The zero-order valence-corrected chi connectivity index (χ0v) is 19.3. The first-order chi connectivity index (χ1) is 14.6. The molecule has 31 heavy (non-hydrogen) atoms. The summed E-state index contributed by atoms with van der Waals surface area (Å²) in [4.78, 5) is 26.2. The molecule has 0 saturated heterocycles. The van der Waals surface area contributed by atoms with Gasteiger partial charge in [-0.3, -0.25) is 9.59 Å². The van der Waals surface area contributed by atoms with E-state index in [0.29, 0.717) is 27.3 Å². The average molecular weight is 457 g/mol. The van der Waals surface area contributed by atoms with Crippen molar-refractivity contribution in [3.05, 3.63) is 63.2 Å². The molecule has 1 aliphatic carbocycles. The lowest BCUT2D eigenvalue weighted by atomic mass is 9.72. The van der Waals surface area contributed by atoms with Crippen molar-refractivity contribution in [1.82, 2.24) is 0 Å². The van der Waals surface area contributed by atoms with Crippen LogP contribution in [0.2, 0.25) is 5.02 Å². The summed E-state index contributed by atoms with van der Waals surface area (Å²) in [7, 11) is 0. The fourth-order valence-corrected chi connectivity index (χ4v) is 5.61. The van der Waals surface area contributed by atoms with Crippen LogP contribution in [0, 0.1) is 11.3 Å². The standard InChI is InChI=1S/C24H25ClN2O3S/c1-24(2,3)14-7-8-16-19(12-14)31-23(20(16)21(26)28)27-22(29)18-10-9-17(30-18)13-5-4-6-15(25)11-13/h4-6,9-11,14H,7-8,12H2,1-3H3,(H2,26,28)(H,27,29)/t14-/m1/s1. The molecule has 0 radical (unpaired) electrons. The van der Waals surface area contributed by atoms with Crippen LogP contribution >= 0.6 is 22.9 Å². The summed E-state index contributed by atoms with van der Waals surface area (Å²) < 4.78 is 5.74. The third-order valence-electron chi connectivity index (χ3n) is 5.90. The van der Waals surface area contributed by atoms with Gasteiger partial charge in [0.05, 0.1) is 5.56 Å². The lowest BCUT2D eigenvalue weighted by molar-refractivity contribution is 0.0997. The number of halogens is 1. The Morgan fingerprint density at radius 2 is 2.00 bits per heavy atom. The third-order valence-corrected chi connectivity index (χ3v) is 7.31. The van der Waals surface area contributed by atoms with E-state index < -0.39 is 11.8 Å². The van der Waals surface area contributed by atoms with Gasteiger partial charge < -0.3 is 15.5 Å². The van der Waals surface area contributed by atoms with Gasteiger partial charge in [-0.25, -0.2) is 0 Å². The number of benzene rings is 1. The average Bonchev–Trinajstić information content (AvgIpc) is 3.31. The molecule has 4 rings (SSSR count). The fourth-order valence-electron chi connectivity index (χ4n) is 4.10. The largest absolute Gasteiger partial charge is 0.451 e. The quantitative estimate of drug-likeness (QED) is 0.492. The maximum Gasteiger partial charge on any atom is 0.292 e. The summed E-state index contributed by atoms with van der Waals surface area (Å²) in [5.74, 6) is 0.293. The second-order valence-electron chi connectivity index (χ2n) is 9.01. The van der Waals surface area contributed by atoms with Crippen molar-refractivity contribution < 1.29 is 14.0 Å². The zero-order valence-electron chi connectivity index (χ0n) is 17.8. The first kappa shape index (κ1) is 21.7. The molecule has 2 amide bonds. The maximum atomic E-state index is 12.9. The fraction of sp³-hybridized carbons (Fsp3) is 0.333. The molecule has 5 nitrogen and oxygen atoms in total. The number of fused-ring (bicyclic) bond motifs is 1. The molecule has 1 aliphatic rings. The molecule has 0 spiro atoms. The molecule has 1 aromatic carbocycles. The molecule has 0 aliphatic heterocycles. The molecule has 0 saturated carbocycles. The van der Waals surface area contributed by atoms with E-state index in [1.165, 1.54) is 11.3 Å². The van der Waals surface area contributed by atoms with Gasteiger partial charge in [0.25, 0.3) is 11.8 Å². The summed E-state index contributed by atoms with van der Waals surface area (Å²) in [5.41, 5.74) is 8.07. The number of hydrogen-bond donors (Lipinski definition) is 2. The van der Waals surface area contributed by atoms with Gasteiger partial charge in [-0.05, 0) is 60.4 Å². The minimum atomic E-state index is -0.513. The van der Waals surface area contributed by atoms with E-state index in [4.69, 9.17) is 21.8 Å². The van der Waals surface area contributed by atoms with Crippen LogP contribution in [-0.2, 0) is 12.8 Å². The third kappa shape index (κ3) is 4.41. The molecule has 162 valence electrons. The van der Waals surface area contributed by atoms with E-state index in [1.54, 1.807) is 24.3 Å². The van der Waals surface area contributed by atoms with E-state index in [-0.39, 0.29) is 11.2 Å². The highest BCUT2D eigenvalue weighted by molar-refractivity contribution is 7.17. The van der Waals surface area contributed by atoms with E-state index in [9.17, 15) is 9.59 Å². The maximum absolute atomic E-state index is 12.9. The number of rotatable bonds is 4. The van der Waals surface area contributed by atoms with Crippen LogP contribution in [0.25, 0.3) is 11.3 Å². The number of nitrogens with one attached hydrogen (secondary N) is 1. The van der Waals surface area contributed by atoms with Crippen LogP contribution in [0.5, 0.6) is 0 Å². The van der Waals surface area contributed by atoms with Gasteiger partial charge >= 0.3 is 0 Å². The van der Waals surface area contributed by atoms with Gasteiger partial charge in [0.15, 0.2) is 5.76 Å². The topological polar surface area (TPSA) is 85.3 Å². The van der Waals surface area contributed by atoms with Crippen LogP contribution in [0.15, 0.2) is 40.8 Å². The molecule has 1 atom stereocenters. The molecule has 3 aromatic rings. The first-order valence-corrected chi connectivity index (χ1v) is 11.4. The van der Waals surface area contributed by atoms with Gasteiger partial charge in [0, 0.05) is 15.5 Å². The number of hydrogen-bond acceptors (Lipinski definition) is 4. The first-order valence-electron chi connectivity index (χ1n) is 10.2. The molecule has 2 aromatic heterocycles. The summed E-state index contributed by atoms with van der Waals surface area (Å²) in [5, 5.41) is 3.94. The van der Waals surface area contributed by atoms with Crippen LogP contribution in [0.3, 0.4) is 0 Å². The Kier molecular flexibility index (Phi) is 5.71. The normalized spacial score (nSPS) is 16.1. The SMILES string of the molecule is CC(C)(C)[C@@H]1CCc2c(sc(NC(=O)c3ccc(-c4cccc(Cl)c4)o3)c2C(N)=O)C1. The second-order valence-corrected chi connectivity index (χ2v) is 10.5. The Morgan fingerprint density at radius 1 is 1.23 bits per heavy atom. The predicted octanol–water partition coefficient (Wildman–Crippen LogP) is 6.16. The molecule has 2 heterocycles. The van der Waals surface area contributed by atoms with Crippen molar-refractivity contribution in [1.29, 1.82) is 0 Å². The van der Waals surface area contributed by atoms with Gasteiger partial charge in [-0.2, -0.15) is 0 Å². The molecule has 7 heteroatoms. The highest BCUT2D eigenvalue weighted by atomic mass is 35.5.